The van der Waals surface area contributed by atoms with Gasteiger partial charge in [0.1, 0.15) is 24.4 Å². The van der Waals surface area contributed by atoms with Gasteiger partial charge >= 0.3 is 5.97 Å². The van der Waals surface area contributed by atoms with Gasteiger partial charge in [0.2, 0.25) is 30.0 Å². The molecule has 17 nitrogen and oxygen atoms in total. The van der Waals surface area contributed by atoms with E-state index in [1.165, 1.54) is 6.07 Å². The standard InChI is InChI=1S/C29H40N6O11/c1-17-6-7-23(38)19(12-17)28-33-21(15-46-28)26(42)32-20(14-36)24(39)13-18(4-3-11-34(45)16-37)29(44)35-22(5-2-9-31-35)27(43)30-10-8-25(40)41/h6-7,12,16,18,20-22,31,36,38,45H,2-5,8-11,13-15H2,1H3,(H,30,43)(H,32,42)(H,40,41)/t18-,20-,21-,22+/m0/s1. The first-order valence-electron chi connectivity index (χ1n) is 14.9. The summed E-state index contributed by atoms with van der Waals surface area (Å²) < 4.78 is 5.50. The summed E-state index contributed by atoms with van der Waals surface area (Å²) in [5, 5.41) is 44.9. The fourth-order valence-corrected chi connectivity index (χ4v) is 5.04. The zero-order chi connectivity index (χ0) is 33.8. The second-order valence-electron chi connectivity index (χ2n) is 11.0. The van der Waals surface area contributed by atoms with Crippen molar-refractivity contribution in [2.75, 3.05) is 32.8 Å². The van der Waals surface area contributed by atoms with Crippen LogP contribution < -0.4 is 16.1 Å². The molecule has 0 aromatic heterocycles. The van der Waals surface area contributed by atoms with E-state index in [9.17, 15) is 44.2 Å². The predicted molar refractivity (Wildman–Crippen MR) is 158 cm³/mol. The number of aryl methyl sites for hydroxylation is 1. The third kappa shape index (κ3) is 9.95. The number of aliphatic carboxylic acids is 1. The molecule has 3 rings (SSSR count). The largest absolute Gasteiger partial charge is 0.507 e. The van der Waals surface area contributed by atoms with E-state index in [-0.39, 0.29) is 63.4 Å². The topological polar surface area (TPSA) is 247 Å². The SMILES string of the molecule is Cc1ccc(O)c(C2=N[C@H](C(=O)N[C@@H](CO)C(=O)C[C@H](CCCN(O)C=O)C(=O)N3NCCC[C@@H]3C(=O)NCCC(=O)O)CO2)c1. The molecule has 2 heterocycles. The van der Waals surface area contributed by atoms with E-state index >= 15 is 0 Å². The van der Waals surface area contributed by atoms with E-state index < -0.39 is 66.5 Å². The van der Waals surface area contributed by atoms with Gasteiger partial charge in [0, 0.05) is 32.0 Å². The van der Waals surface area contributed by atoms with E-state index in [2.05, 4.69) is 21.1 Å². The van der Waals surface area contributed by atoms with Crippen molar-refractivity contribution in [3.8, 4) is 5.75 Å². The Morgan fingerprint density at radius 3 is 2.70 bits per heavy atom. The van der Waals surface area contributed by atoms with Gasteiger partial charge in [0.05, 0.1) is 18.6 Å². The van der Waals surface area contributed by atoms with Gasteiger partial charge in [-0.2, -0.15) is 0 Å². The van der Waals surface area contributed by atoms with Crippen molar-refractivity contribution in [2.24, 2.45) is 10.9 Å². The third-order valence-corrected chi connectivity index (χ3v) is 7.51. The average Bonchev–Trinajstić information content (AvgIpc) is 3.53. The van der Waals surface area contributed by atoms with E-state index in [0.717, 1.165) is 10.6 Å². The van der Waals surface area contributed by atoms with Crippen molar-refractivity contribution < 1.29 is 54.0 Å². The minimum atomic E-state index is -1.41. The predicted octanol–water partition coefficient (Wildman–Crippen LogP) is -1.39. The monoisotopic (exact) mass is 648 g/mol. The molecule has 1 fully saturated rings. The number of ketones is 1. The number of Topliss-reactive ketones (excluding diaryl/α,β-unsaturated/α-hetero) is 1. The Bertz CT molecular complexity index is 1320. The van der Waals surface area contributed by atoms with Crippen molar-refractivity contribution in [1.82, 2.24) is 26.1 Å². The Labute approximate surface area is 264 Å². The van der Waals surface area contributed by atoms with Crippen molar-refractivity contribution in [1.29, 1.82) is 0 Å². The second-order valence-corrected chi connectivity index (χ2v) is 11.0. The number of carboxylic acids is 1. The van der Waals surface area contributed by atoms with Crippen LogP contribution in [0, 0.1) is 12.8 Å². The summed E-state index contributed by atoms with van der Waals surface area (Å²) in [6.07, 6.45) is 0.320. The number of nitrogens with zero attached hydrogens (tertiary/aromatic N) is 3. The van der Waals surface area contributed by atoms with Crippen LogP contribution in [0.2, 0.25) is 0 Å². The number of carboxylic acid groups (broad SMARTS) is 1. The lowest BCUT2D eigenvalue weighted by Gasteiger charge is -2.37. The molecule has 252 valence electrons. The molecule has 0 spiro atoms. The number of hydrazine groups is 1. The first-order valence-corrected chi connectivity index (χ1v) is 14.9. The number of aliphatic imine (C=N–C) groups is 1. The number of carbonyl (C=O) groups is 6. The number of nitrogens with one attached hydrogen (secondary N) is 3. The van der Waals surface area contributed by atoms with E-state index in [4.69, 9.17) is 9.84 Å². The average molecular weight is 649 g/mol. The number of hydrogen-bond donors (Lipinski definition) is 7. The molecule has 0 aliphatic carbocycles. The summed E-state index contributed by atoms with van der Waals surface area (Å²) in [5.74, 6) is -4.87. The normalized spacial score (nSPS) is 18.8. The fourth-order valence-electron chi connectivity index (χ4n) is 5.04. The quantitative estimate of drug-likeness (QED) is 0.0586. The zero-order valence-corrected chi connectivity index (χ0v) is 25.4. The van der Waals surface area contributed by atoms with Crippen LogP contribution in [-0.4, -0.2) is 123 Å². The number of phenolic OH excluding ortho intramolecular Hbond substituents is 1. The number of phenols is 1. The van der Waals surface area contributed by atoms with Gasteiger partial charge in [-0.15, -0.1) is 0 Å². The first kappa shape index (κ1) is 35.9. The number of hydroxylamine groups is 2. The number of hydrogen-bond acceptors (Lipinski definition) is 12. The van der Waals surface area contributed by atoms with Crippen LogP contribution in [0.25, 0.3) is 0 Å². The Hall–Kier alpha value is -4.61. The molecule has 4 amide bonds. The fraction of sp³-hybridized carbons (Fsp3) is 0.552. The molecule has 7 N–H and O–H groups in total. The molecular formula is C29H40N6O11. The van der Waals surface area contributed by atoms with Crippen LogP contribution in [0.4, 0.5) is 0 Å². The smallest absolute Gasteiger partial charge is 0.305 e. The Morgan fingerprint density at radius 2 is 2.00 bits per heavy atom. The van der Waals surface area contributed by atoms with Gasteiger partial charge in [0.15, 0.2) is 11.8 Å². The molecule has 46 heavy (non-hydrogen) atoms. The first-order chi connectivity index (χ1) is 21.9. The number of aromatic hydroxyl groups is 1. The molecule has 2 aliphatic heterocycles. The minimum absolute atomic E-state index is 0.00277. The molecule has 0 radical (unpaired) electrons. The van der Waals surface area contributed by atoms with E-state index in [1.54, 1.807) is 19.1 Å². The van der Waals surface area contributed by atoms with E-state index in [1.807, 2.05) is 0 Å². The summed E-state index contributed by atoms with van der Waals surface area (Å²) in [6, 6.07) is 1.31. The van der Waals surface area contributed by atoms with Gasteiger partial charge in [-0.25, -0.2) is 15.5 Å². The molecule has 1 aromatic carbocycles. The third-order valence-electron chi connectivity index (χ3n) is 7.51. The van der Waals surface area contributed by atoms with Crippen LogP contribution in [0.15, 0.2) is 23.2 Å². The lowest BCUT2D eigenvalue weighted by molar-refractivity contribution is -0.153. The second kappa shape index (κ2) is 17.2. The number of benzene rings is 1. The summed E-state index contributed by atoms with van der Waals surface area (Å²) in [6.45, 7) is 0.899. The number of ether oxygens (including phenoxy) is 1. The highest BCUT2D eigenvalue weighted by Crippen LogP contribution is 2.24. The van der Waals surface area contributed by atoms with Gasteiger partial charge in [0.25, 0.3) is 0 Å². The number of rotatable bonds is 17. The highest BCUT2D eigenvalue weighted by atomic mass is 16.5. The number of aliphatic hydroxyl groups is 1. The van der Waals surface area contributed by atoms with E-state index in [0.29, 0.717) is 23.6 Å². The molecule has 1 aromatic rings. The van der Waals surface area contributed by atoms with Gasteiger partial charge in [-0.05, 0) is 44.7 Å². The number of amides is 4. The minimum Gasteiger partial charge on any atom is -0.507 e. The maximum Gasteiger partial charge on any atom is 0.305 e. The maximum atomic E-state index is 13.7. The molecule has 17 heteroatoms. The molecule has 2 aliphatic rings. The van der Waals surface area contributed by atoms with Gasteiger partial charge in [-0.1, -0.05) is 11.6 Å². The van der Waals surface area contributed by atoms with Crippen molar-refractivity contribution in [2.45, 2.75) is 63.6 Å². The lowest BCUT2D eigenvalue weighted by Crippen LogP contribution is -2.60. The highest BCUT2D eigenvalue weighted by Gasteiger charge is 2.38. The summed E-state index contributed by atoms with van der Waals surface area (Å²) in [7, 11) is 0. The Kier molecular flexibility index (Phi) is 13.4. The molecule has 0 bridgehead atoms. The Morgan fingerprint density at radius 1 is 1.24 bits per heavy atom. The molecule has 4 atom stereocenters. The van der Waals surface area contributed by atoms with Gasteiger partial charge < -0.3 is 30.7 Å². The van der Waals surface area contributed by atoms with Gasteiger partial charge in [-0.3, -0.25) is 39.0 Å². The highest BCUT2D eigenvalue weighted by molar-refractivity contribution is 6.01. The summed E-state index contributed by atoms with van der Waals surface area (Å²) in [4.78, 5) is 78.8. The number of carbonyl (C=O) groups excluding carboxylic acids is 5. The number of aliphatic hydroxyl groups excluding tert-OH is 1. The van der Waals surface area contributed by atoms with Crippen LogP contribution in [-0.2, 0) is 33.5 Å². The molecule has 0 saturated carbocycles. The molecule has 0 unspecified atom stereocenters. The van der Waals surface area contributed by atoms with Crippen molar-refractivity contribution in [3.63, 3.8) is 0 Å². The maximum absolute atomic E-state index is 13.7. The van der Waals surface area contributed by atoms with Crippen LogP contribution in [0.5, 0.6) is 5.75 Å². The van der Waals surface area contributed by atoms with Crippen LogP contribution >= 0.6 is 0 Å². The molecule has 1 saturated heterocycles. The summed E-state index contributed by atoms with van der Waals surface area (Å²) in [5.41, 5.74) is 3.98. The van der Waals surface area contributed by atoms with Crippen molar-refractivity contribution in [3.05, 3.63) is 29.3 Å². The lowest BCUT2D eigenvalue weighted by atomic mass is 9.92. The van der Waals surface area contributed by atoms with Crippen molar-refractivity contribution >= 4 is 41.8 Å². The van der Waals surface area contributed by atoms with Crippen LogP contribution in [0.3, 0.4) is 0 Å². The summed E-state index contributed by atoms with van der Waals surface area (Å²) >= 11 is 0. The van der Waals surface area contributed by atoms with Crippen LogP contribution in [0.1, 0.15) is 49.7 Å². The zero-order valence-electron chi connectivity index (χ0n) is 25.4. The Balaban J connectivity index is 1.71. The molecular weight excluding hydrogens is 608 g/mol.